The molecular formula is C18H24N4O2. The topological polar surface area (TPSA) is 68.2 Å². The summed E-state index contributed by atoms with van der Waals surface area (Å²) in [5.41, 5.74) is 3.06. The standard InChI is InChI=1S/C18H24N4O2/c1-12(11-24-3)19-18(23)20-17-13(2)16(14-9-10-14)21-22(17)15-7-5-4-6-8-15/h4-8,12,14H,9-11H2,1-3H3,(H2,19,20,23)/t12-/m1/s1. The molecule has 1 aromatic carbocycles. The number of carbonyl (C=O) groups is 1. The van der Waals surface area contributed by atoms with Gasteiger partial charge in [-0.15, -0.1) is 0 Å². The van der Waals surface area contributed by atoms with Crippen LogP contribution in [-0.2, 0) is 4.74 Å². The molecule has 24 heavy (non-hydrogen) atoms. The molecule has 1 atom stereocenters. The normalized spacial score (nSPS) is 15.1. The lowest BCUT2D eigenvalue weighted by Gasteiger charge is -2.15. The third-order valence-corrected chi connectivity index (χ3v) is 4.15. The maximum Gasteiger partial charge on any atom is 0.320 e. The number of hydrogen-bond donors (Lipinski definition) is 2. The van der Waals surface area contributed by atoms with Gasteiger partial charge in [0.25, 0.3) is 0 Å². The minimum atomic E-state index is -0.248. The van der Waals surface area contributed by atoms with E-state index in [1.165, 1.54) is 12.8 Å². The van der Waals surface area contributed by atoms with Crippen molar-refractivity contribution in [1.82, 2.24) is 15.1 Å². The number of nitrogens with one attached hydrogen (secondary N) is 2. The number of para-hydroxylation sites is 1. The quantitative estimate of drug-likeness (QED) is 0.855. The fourth-order valence-electron chi connectivity index (χ4n) is 2.82. The van der Waals surface area contributed by atoms with Crippen molar-refractivity contribution in [3.63, 3.8) is 0 Å². The maximum absolute atomic E-state index is 12.3. The molecule has 0 spiro atoms. The largest absolute Gasteiger partial charge is 0.383 e. The lowest BCUT2D eigenvalue weighted by atomic mass is 10.2. The number of urea groups is 1. The van der Waals surface area contributed by atoms with Crippen molar-refractivity contribution >= 4 is 11.8 Å². The summed E-state index contributed by atoms with van der Waals surface area (Å²) in [7, 11) is 1.62. The van der Waals surface area contributed by atoms with Gasteiger partial charge in [0.05, 0.1) is 24.0 Å². The summed E-state index contributed by atoms with van der Waals surface area (Å²) in [4.78, 5) is 12.3. The second-order valence-corrected chi connectivity index (χ2v) is 6.34. The lowest BCUT2D eigenvalue weighted by molar-refractivity contribution is 0.173. The summed E-state index contributed by atoms with van der Waals surface area (Å²) in [5, 5.41) is 10.6. The summed E-state index contributed by atoms with van der Waals surface area (Å²) in [6.07, 6.45) is 2.34. The van der Waals surface area contributed by atoms with Gasteiger partial charge in [-0.2, -0.15) is 5.10 Å². The molecule has 2 aromatic rings. The van der Waals surface area contributed by atoms with E-state index in [-0.39, 0.29) is 12.1 Å². The number of nitrogens with zero attached hydrogens (tertiary/aromatic N) is 2. The Kier molecular flexibility index (Phi) is 4.85. The van der Waals surface area contributed by atoms with Crippen molar-refractivity contribution in [1.29, 1.82) is 0 Å². The smallest absolute Gasteiger partial charge is 0.320 e. The van der Waals surface area contributed by atoms with Crippen molar-refractivity contribution in [3.8, 4) is 5.69 Å². The number of rotatable bonds is 6. The third-order valence-electron chi connectivity index (χ3n) is 4.15. The van der Waals surface area contributed by atoms with Gasteiger partial charge in [0, 0.05) is 18.6 Å². The van der Waals surface area contributed by atoms with E-state index < -0.39 is 0 Å². The number of aromatic nitrogens is 2. The SMILES string of the molecule is COC[C@@H](C)NC(=O)Nc1c(C)c(C2CC2)nn1-c1ccccc1. The molecule has 6 nitrogen and oxygen atoms in total. The van der Waals surface area contributed by atoms with E-state index in [1.54, 1.807) is 7.11 Å². The van der Waals surface area contributed by atoms with E-state index in [0.29, 0.717) is 12.5 Å². The van der Waals surface area contributed by atoms with Crippen LogP contribution in [0.25, 0.3) is 5.69 Å². The van der Waals surface area contributed by atoms with Gasteiger partial charge in [-0.25, -0.2) is 9.48 Å². The van der Waals surface area contributed by atoms with E-state index in [0.717, 1.165) is 22.8 Å². The van der Waals surface area contributed by atoms with Gasteiger partial charge in [0.2, 0.25) is 0 Å². The van der Waals surface area contributed by atoms with Gasteiger partial charge >= 0.3 is 6.03 Å². The van der Waals surface area contributed by atoms with Gasteiger partial charge in [-0.05, 0) is 38.8 Å². The fourth-order valence-corrected chi connectivity index (χ4v) is 2.82. The van der Waals surface area contributed by atoms with Gasteiger partial charge in [-0.3, -0.25) is 5.32 Å². The Morgan fingerprint density at radius 3 is 2.71 bits per heavy atom. The summed E-state index contributed by atoms with van der Waals surface area (Å²) < 4.78 is 6.88. The van der Waals surface area contributed by atoms with Crippen LogP contribution in [0.4, 0.5) is 10.6 Å². The number of hydrogen-bond acceptors (Lipinski definition) is 3. The Balaban J connectivity index is 1.87. The highest BCUT2D eigenvalue weighted by molar-refractivity contribution is 5.89. The zero-order valence-electron chi connectivity index (χ0n) is 14.4. The molecule has 0 radical (unpaired) electrons. The first kappa shape index (κ1) is 16.5. The van der Waals surface area contributed by atoms with E-state index in [1.807, 2.05) is 48.9 Å². The molecule has 2 amide bonds. The average molecular weight is 328 g/mol. The van der Waals surface area contributed by atoms with Crippen molar-refractivity contribution in [3.05, 3.63) is 41.6 Å². The molecule has 0 saturated heterocycles. The van der Waals surface area contributed by atoms with Crippen molar-refractivity contribution < 1.29 is 9.53 Å². The first-order valence-corrected chi connectivity index (χ1v) is 8.31. The minimum absolute atomic E-state index is 0.0636. The Bertz CT molecular complexity index is 707. The average Bonchev–Trinajstić information content (AvgIpc) is 3.35. The molecule has 1 saturated carbocycles. The molecule has 0 unspecified atom stereocenters. The van der Waals surface area contributed by atoms with Gasteiger partial charge in [0.15, 0.2) is 0 Å². The van der Waals surface area contributed by atoms with Crippen molar-refractivity contribution in [2.75, 3.05) is 19.0 Å². The molecule has 1 fully saturated rings. The van der Waals surface area contributed by atoms with Crippen LogP contribution in [0, 0.1) is 6.92 Å². The predicted octanol–water partition coefficient (Wildman–Crippen LogP) is 3.21. The molecule has 128 valence electrons. The highest BCUT2D eigenvalue weighted by Crippen LogP contribution is 2.42. The van der Waals surface area contributed by atoms with Crippen LogP contribution in [-0.4, -0.2) is 35.6 Å². The highest BCUT2D eigenvalue weighted by Gasteiger charge is 2.31. The Morgan fingerprint density at radius 2 is 2.08 bits per heavy atom. The molecule has 3 rings (SSSR count). The molecule has 6 heteroatoms. The number of carbonyl (C=O) groups excluding carboxylic acids is 1. The molecule has 2 N–H and O–H groups in total. The molecule has 1 aromatic heterocycles. The minimum Gasteiger partial charge on any atom is -0.383 e. The zero-order valence-corrected chi connectivity index (χ0v) is 14.4. The summed E-state index contributed by atoms with van der Waals surface area (Å²) in [6, 6.07) is 9.56. The highest BCUT2D eigenvalue weighted by atomic mass is 16.5. The second kappa shape index (κ2) is 7.05. The zero-order chi connectivity index (χ0) is 17.1. The van der Waals surface area contributed by atoms with Crippen LogP contribution < -0.4 is 10.6 Å². The monoisotopic (exact) mass is 328 g/mol. The first-order chi connectivity index (χ1) is 11.6. The summed E-state index contributed by atoms with van der Waals surface area (Å²) in [5.74, 6) is 1.25. The Hall–Kier alpha value is -2.34. The van der Waals surface area contributed by atoms with Crippen LogP contribution in [0.15, 0.2) is 30.3 Å². The van der Waals surface area contributed by atoms with Crippen molar-refractivity contribution in [2.45, 2.75) is 38.6 Å². The van der Waals surface area contributed by atoms with Crippen molar-refractivity contribution in [2.24, 2.45) is 0 Å². The van der Waals surface area contributed by atoms with Crippen LogP contribution in [0.2, 0.25) is 0 Å². The summed E-state index contributed by atoms with van der Waals surface area (Å²) in [6.45, 7) is 4.39. The number of ether oxygens (including phenoxy) is 1. The van der Waals surface area contributed by atoms with Gasteiger partial charge in [0.1, 0.15) is 5.82 Å². The first-order valence-electron chi connectivity index (χ1n) is 8.31. The fraction of sp³-hybridized carbons (Fsp3) is 0.444. The van der Waals surface area contributed by atoms with Gasteiger partial charge in [-0.1, -0.05) is 18.2 Å². The van der Waals surface area contributed by atoms with Crippen LogP contribution in [0.3, 0.4) is 0 Å². The maximum atomic E-state index is 12.3. The van der Waals surface area contributed by atoms with Crippen LogP contribution in [0.1, 0.15) is 36.9 Å². The van der Waals surface area contributed by atoms with Gasteiger partial charge < -0.3 is 10.1 Å². The van der Waals surface area contributed by atoms with Crippen LogP contribution in [0.5, 0.6) is 0 Å². The molecule has 1 aliphatic rings. The van der Waals surface area contributed by atoms with E-state index in [2.05, 4.69) is 10.6 Å². The number of methoxy groups -OCH3 is 1. The van der Waals surface area contributed by atoms with Crippen LogP contribution >= 0.6 is 0 Å². The number of amides is 2. The Labute approximate surface area is 142 Å². The molecular weight excluding hydrogens is 304 g/mol. The number of anilines is 1. The Morgan fingerprint density at radius 1 is 1.38 bits per heavy atom. The number of benzene rings is 1. The third kappa shape index (κ3) is 3.59. The lowest BCUT2D eigenvalue weighted by Crippen LogP contribution is -2.39. The molecule has 0 bridgehead atoms. The second-order valence-electron chi connectivity index (χ2n) is 6.34. The molecule has 1 heterocycles. The van der Waals surface area contributed by atoms with E-state index in [4.69, 9.17) is 9.84 Å². The summed E-state index contributed by atoms with van der Waals surface area (Å²) >= 11 is 0. The molecule has 1 aliphatic carbocycles. The van der Waals surface area contributed by atoms with E-state index >= 15 is 0 Å². The van der Waals surface area contributed by atoms with E-state index in [9.17, 15) is 4.79 Å². The molecule has 0 aliphatic heterocycles. The predicted molar refractivity (Wildman–Crippen MR) is 93.8 cm³/mol.